The van der Waals surface area contributed by atoms with Crippen LogP contribution in [0.4, 0.5) is 0 Å². The Labute approximate surface area is 171 Å². The largest absolute Gasteiger partial charge is 0.493 e. The van der Waals surface area contributed by atoms with Gasteiger partial charge in [-0.3, -0.25) is 4.90 Å². The maximum atomic E-state index is 11.0. The van der Waals surface area contributed by atoms with E-state index in [0.717, 1.165) is 12.1 Å². The van der Waals surface area contributed by atoms with Crippen LogP contribution >= 0.6 is 0 Å². The average molecular weight is 399 g/mol. The van der Waals surface area contributed by atoms with Crippen LogP contribution in [0, 0.1) is 11.3 Å². The standard InChI is InChI=1S/C23H29NO5/c1-27-18-10-9-16(21(28-2)22(18)29-3)11-24-12-19(26)23(14-24)17(13-25)20(23)15-7-5-4-6-8-15/h4-10,17,19-20,25-26H,11-14H2,1-3H3/t17-,19-,20-,23-/m1/s1. The van der Waals surface area contributed by atoms with Crippen LogP contribution in [0.5, 0.6) is 17.2 Å². The molecule has 1 aliphatic heterocycles. The summed E-state index contributed by atoms with van der Waals surface area (Å²) in [5.74, 6) is 2.11. The molecule has 0 bridgehead atoms. The first-order valence-electron chi connectivity index (χ1n) is 9.94. The third kappa shape index (κ3) is 3.16. The molecule has 1 saturated carbocycles. The van der Waals surface area contributed by atoms with E-state index in [4.69, 9.17) is 14.2 Å². The highest BCUT2D eigenvalue weighted by molar-refractivity contribution is 5.55. The molecule has 2 fully saturated rings. The van der Waals surface area contributed by atoms with E-state index in [1.54, 1.807) is 21.3 Å². The third-order valence-electron chi connectivity index (χ3n) is 6.65. The van der Waals surface area contributed by atoms with Crippen molar-refractivity contribution in [3.05, 3.63) is 53.6 Å². The highest BCUT2D eigenvalue weighted by atomic mass is 16.5. The summed E-state index contributed by atoms with van der Waals surface area (Å²) < 4.78 is 16.5. The Morgan fingerprint density at radius 3 is 2.34 bits per heavy atom. The second-order valence-corrected chi connectivity index (χ2v) is 7.97. The maximum absolute atomic E-state index is 11.0. The van der Waals surface area contributed by atoms with Gasteiger partial charge in [0.05, 0.1) is 27.4 Å². The number of rotatable bonds is 7. The fourth-order valence-corrected chi connectivity index (χ4v) is 5.31. The van der Waals surface area contributed by atoms with E-state index in [2.05, 4.69) is 17.0 Å². The van der Waals surface area contributed by atoms with E-state index in [1.807, 2.05) is 30.3 Å². The van der Waals surface area contributed by atoms with E-state index in [1.165, 1.54) is 5.56 Å². The molecule has 156 valence electrons. The van der Waals surface area contributed by atoms with Crippen LogP contribution in [0.15, 0.2) is 42.5 Å². The number of nitrogens with zero attached hydrogens (tertiary/aromatic N) is 1. The summed E-state index contributed by atoms with van der Waals surface area (Å²) in [6.45, 7) is 2.01. The molecule has 1 spiro atoms. The molecule has 2 N–H and O–H groups in total. The van der Waals surface area contributed by atoms with Gasteiger partial charge in [0, 0.05) is 37.2 Å². The van der Waals surface area contributed by atoms with Crippen LogP contribution in [0.1, 0.15) is 17.0 Å². The Bertz CT molecular complexity index is 858. The van der Waals surface area contributed by atoms with Crippen LogP contribution in [-0.4, -0.2) is 62.2 Å². The minimum Gasteiger partial charge on any atom is -0.493 e. The fourth-order valence-electron chi connectivity index (χ4n) is 5.31. The zero-order valence-electron chi connectivity index (χ0n) is 17.2. The fraction of sp³-hybridized carbons (Fsp3) is 0.478. The molecule has 0 unspecified atom stereocenters. The quantitative estimate of drug-likeness (QED) is 0.744. The predicted molar refractivity (Wildman–Crippen MR) is 110 cm³/mol. The molecule has 2 aliphatic rings. The smallest absolute Gasteiger partial charge is 0.203 e. The SMILES string of the molecule is COc1ccc(CN2C[C@@H](O)[C@@]3(C2)[C@H](CO)[C@H]3c2ccccc2)c(OC)c1OC. The molecule has 2 aromatic carbocycles. The number of hydrogen-bond acceptors (Lipinski definition) is 6. The lowest BCUT2D eigenvalue weighted by Gasteiger charge is -2.20. The number of likely N-dealkylation sites (tertiary alicyclic amines) is 1. The normalized spacial score (nSPS) is 28.5. The first kappa shape index (κ1) is 20.0. The first-order valence-corrected chi connectivity index (χ1v) is 9.94. The third-order valence-corrected chi connectivity index (χ3v) is 6.65. The second kappa shape index (κ2) is 7.86. The van der Waals surface area contributed by atoms with Crippen LogP contribution < -0.4 is 14.2 Å². The van der Waals surface area contributed by atoms with Crippen LogP contribution in [0.2, 0.25) is 0 Å². The van der Waals surface area contributed by atoms with E-state index in [9.17, 15) is 10.2 Å². The monoisotopic (exact) mass is 399 g/mol. The van der Waals surface area contributed by atoms with Crippen molar-refractivity contribution in [2.24, 2.45) is 11.3 Å². The van der Waals surface area contributed by atoms with Crippen LogP contribution in [0.25, 0.3) is 0 Å². The molecule has 4 atom stereocenters. The van der Waals surface area contributed by atoms with Gasteiger partial charge in [-0.05, 0) is 23.5 Å². The number of hydrogen-bond donors (Lipinski definition) is 2. The number of β-amino-alcohol motifs (C(OH)–C–C–N with tert-alkyl or cyclic N) is 1. The van der Waals surface area contributed by atoms with Gasteiger partial charge in [0.2, 0.25) is 5.75 Å². The Hall–Kier alpha value is -2.28. The number of methoxy groups -OCH3 is 3. The van der Waals surface area contributed by atoms with Crippen LogP contribution in [0.3, 0.4) is 0 Å². The van der Waals surface area contributed by atoms with E-state index >= 15 is 0 Å². The van der Waals surface area contributed by atoms with Gasteiger partial charge in [-0.2, -0.15) is 0 Å². The average Bonchev–Trinajstić information content (AvgIpc) is 3.30. The molecule has 1 heterocycles. The van der Waals surface area contributed by atoms with Gasteiger partial charge >= 0.3 is 0 Å². The van der Waals surface area contributed by atoms with Gasteiger partial charge in [-0.15, -0.1) is 0 Å². The van der Waals surface area contributed by atoms with Crippen molar-refractivity contribution in [2.75, 3.05) is 41.0 Å². The zero-order valence-corrected chi connectivity index (χ0v) is 17.2. The van der Waals surface area contributed by atoms with E-state index in [-0.39, 0.29) is 23.9 Å². The van der Waals surface area contributed by atoms with Crippen molar-refractivity contribution in [3.8, 4) is 17.2 Å². The highest BCUT2D eigenvalue weighted by Gasteiger charge is 2.70. The van der Waals surface area contributed by atoms with Gasteiger partial charge in [0.15, 0.2) is 11.5 Å². The number of aliphatic hydroxyl groups excluding tert-OH is 2. The lowest BCUT2D eigenvalue weighted by molar-refractivity contribution is 0.111. The number of ether oxygens (including phenoxy) is 3. The Morgan fingerprint density at radius 2 is 1.72 bits per heavy atom. The second-order valence-electron chi connectivity index (χ2n) is 7.97. The predicted octanol–water partition coefficient (Wildman–Crippen LogP) is 2.28. The molecule has 6 heteroatoms. The van der Waals surface area contributed by atoms with Crippen molar-refractivity contribution >= 4 is 0 Å². The first-order chi connectivity index (χ1) is 14.1. The maximum Gasteiger partial charge on any atom is 0.203 e. The summed E-state index contributed by atoms with van der Waals surface area (Å²) in [4.78, 5) is 2.24. The molecule has 0 aromatic heterocycles. The van der Waals surface area contributed by atoms with Crippen molar-refractivity contribution in [1.29, 1.82) is 0 Å². The Balaban J connectivity index is 1.57. The molecule has 4 rings (SSSR count). The van der Waals surface area contributed by atoms with E-state index in [0.29, 0.717) is 30.3 Å². The minimum atomic E-state index is -0.476. The molecule has 1 aliphatic carbocycles. The summed E-state index contributed by atoms with van der Waals surface area (Å²) in [7, 11) is 4.82. The lowest BCUT2D eigenvalue weighted by atomic mass is 9.95. The zero-order chi connectivity index (χ0) is 20.6. The molecule has 29 heavy (non-hydrogen) atoms. The molecule has 0 radical (unpaired) electrons. The van der Waals surface area contributed by atoms with Gasteiger partial charge in [-0.1, -0.05) is 36.4 Å². The van der Waals surface area contributed by atoms with Crippen molar-refractivity contribution < 1.29 is 24.4 Å². The molecule has 1 saturated heterocycles. The Kier molecular flexibility index (Phi) is 5.42. The van der Waals surface area contributed by atoms with Crippen LogP contribution in [-0.2, 0) is 6.54 Å². The minimum absolute atomic E-state index is 0.0807. The topological polar surface area (TPSA) is 71.4 Å². The molecular formula is C23H29NO5. The van der Waals surface area contributed by atoms with Crippen molar-refractivity contribution in [2.45, 2.75) is 18.6 Å². The molecule has 6 nitrogen and oxygen atoms in total. The highest BCUT2D eigenvalue weighted by Crippen LogP contribution is 2.68. The Morgan fingerprint density at radius 1 is 1.00 bits per heavy atom. The van der Waals surface area contributed by atoms with Gasteiger partial charge in [0.25, 0.3) is 0 Å². The summed E-state index contributed by atoms with van der Waals surface area (Å²) in [6, 6.07) is 14.1. The summed E-state index contributed by atoms with van der Waals surface area (Å²) in [5, 5.41) is 21.0. The van der Waals surface area contributed by atoms with Gasteiger partial charge < -0.3 is 24.4 Å². The number of benzene rings is 2. The summed E-state index contributed by atoms with van der Waals surface area (Å²) >= 11 is 0. The molecular weight excluding hydrogens is 370 g/mol. The van der Waals surface area contributed by atoms with Crippen molar-refractivity contribution in [1.82, 2.24) is 4.90 Å². The van der Waals surface area contributed by atoms with E-state index < -0.39 is 6.10 Å². The lowest BCUT2D eigenvalue weighted by Crippen LogP contribution is -2.23. The molecule has 2 aromatic rings. The summed E-state index contributed by atoms with van der Waals surface area (Å²) in [5.41, 5.74) is 1.88. The van der Waals surface area contributed by atoms with Gasteiger partial charge in [0.1, 0.15) is 0 Å². The summed E-state index contributed by atoms with van der Waals surface area (Å²) in [6.07, 6.45) is -0.476. The van der Waals surface area contributed by atoms with Crippen molar-refractivity contribution in [3.63, 3.8) is 0 Å². The number of aliphatic hydroxyl groups is 2. The molecule has 0 amide bonds. The van der Waals surface area contributed by atoms with Gasteiger partial charge in [-0.25, -0.2) is 0 Å².